The molecule has 1 aliphatic rings. The Kier molecular flexibility index (Phi) is 8.00. The van der Waals surface area contributed by atoms with Gasteiger partial charge in [-0.25, -0.2) is 0 Å². The molecule has 0 bridgehead atoms. The number of rotatable bonds is 3. The van der Waals surface area contributed by atoms with E-state index in [1.54, 1.807) is 12.1 Å². The van der Waals surface area contributed by atoms with Crippen LogP contribution < -0.4 is 0 Å². The maximum absolute atomic E-state index is 12.0. The van der Waals surface area contributed by atoms with Gasteiger partial charge < -0.3 is 0 Å². The van der Waals surface area contributed by atoms with E-state index in [-0.39, 0.29) is 16.5 Å². The van der Waals surface area contributed by atoms with Gasteiger partial charge in [0.1, 0.15) is 0 Å². The molecule has 0 aliphatic heterocycles. The minimum absolute atomic E-state index is 0.000710. The highest BCUT2D eigenvalue weighted by Crippen LogP contribution is 2.45. The number of aromatic nitrogens is 1. The van der Waals surface area contributed by atoms with Gasteiger partial charge in [-0.1, -0.05) is 84.4 Å². The van der Waals surface area contributed by atoms with Crippen LogP contribution in [0.4, 0.5) is 5.69 Å². The van der Waals surface area contributed by atoms with E-state index in [2.05, 4.69) is 69.9 Å². The van der Waals surface area contributed by atoms with E-state index in [0.29, 0.717) is 10.6 Å². The van der Waals surface area contributed by atoms with Gasteiger partial charge in [0, 0.05) is 50.0 Å². The van der Waals surface area contributed by atoms with Crippen molar-refractivity contribution in [1.82, 2.24) is 4.98 Å². The lowest BCUT2D eigenvalue weighted by molar-refractivity contribution is -0.384. The predicted octanol–water partition coefficient (Wildman–Crippen LogP) is 9.95. The smallest absolute Gasteiger partial charge is 0.258 e. The van der Waals surface area contributed by atoms with Gasteiger partial charge in [-0.3, -0.25) is 15.1 Å². The Morgan fingerprint density at radius 1 is 0.814 bits per heavy atom. The summed E-state index contributed by atoms with van der Waals surface area (Å²) in [5.41, 5.74) is 5.60. The molecule has 43 heavy (non-hydrogen) atoms. The van der Waals surface area contributed by atoms with Gasteiger partial charge in [-0.15, -0.1) is 0 Å². The highest BCUT2D eigenvalue weighted by Gasteiger charge is 2.28. The molecule has 1 heterocycles. The lowest BCUT2D eigenvalue weighted by Crippen LogP contribution is -2.13. The van der Waals surface area contributed by atoms with Crippen LogP contribution in [-0.4, -0.2) is 18.3 Å². The van der Waals surface area contributed by atoms with Crippen LogP contribution in [0.5, 0.6) is 0 Å². The number of nitro benzene ring substituents is 1. The molecule has 5 aromatic carbocycles. The fourth-order valence-electron chi connectivity index (χ4n) is 6.24. The maximum Gasteiger partial charge on any atom is 0.317 e. The Morgan fingerprint density at radius 2 is 1.51 bits per heavy atom. The molecule has 1 unspecified atom stereocenters. The Bertz CT molecular complexity index is 2160. The third kappa shape index (κ3) is 5.91. The van der Waals surface area contributed by atoms with Gasteiger partial charge in [-0.05, 0) is 70.1 Å². The van der Waals surface area contributed by atoms with Crippen molar-refractivity contribution in [1.29, 1.82) is 0 Å². The summed E-state index contributed by atoms with van der Waals surface area (Å²) in [5, 5.41) is 18.2. The number of halogens is 3. The van der Waals surface area contributed by atoms with E-state index >= 15 is 0 Å². The molecular formula is C33H23Cl3N2O4S. The first-order chi connectivity index (χ1) is 20.6. The third-order valence-corrected chi connectivity index (χ3v) is 8.21. The number of nitro groups is 1. The molecule has 1 aliphatic carbocycles. The molecule has 0 radical (unpaired) electrons. The topological polar surface area (TPSA) is 90.2 Å². The Hall–Kier alpha value is -3.75. The Labute approximate surface area is 261 Å². The number of nitrogens with zero attached hydrogens (tertiary/aromatic N) is 2. The molecule has 7 rings (SSSR count). The van der Waals surface area contributed by atoms with E-state index in [4.69, 9.17) is 25.0 Å². The van der Waals surface area contributed by atoms with Crippen molar-refractivity contribution in [3.63, 3.8) is 0 Å². The van der Waals surface area contributed by atoms with Gasteiger partial charge in [0.15, 0.2) is 0 Å². The van der Waals surface area contributed by atoms with Crippen molar-refractivity contribution in [3.05, 3.63) is 129 Å². The molecule has 1 atom stereocenters. The average Bonchev–Trinajstić information content (AvgIpc) is 2.99. The highest BCUT2D eigenvalue weighted by atomic mass is 36.0. The first kappa shape index (κ1) is 29.3. The highest BCUT2D eigenvalue weighted by molar-refractivity contribution is 8.31. The van der Waals surface area contributed by atoms with Crippen molar-refractivity contribution < 1.29 is 13.3 Å². The van der Waals surface area contributed by atoms with Crippen molar-refractivity contribution in [2.75, 3.05) is 0 Å². The number of benzene rings is 5. The normalized spacial score (nSPS) is 14.7. The standard InChI is InChI=1S/C33H23ClN2O2.Cl2O2S/c34-28-12-6-14-31(36(37)38)33(28)27-19-30(35-29-13-4-3-10-24(27)29)26-11-5-8-21-16-17-23-22-9-2-1-7-20(22)15-18-25(23)32(21)26;1-5(2,3)4/h1-4,6-7,9-10,12-19,26H,5,8,11H2;. The number of para-hydroxylation sites is 1. The number of hydrogen-bond acceptors (Lipinski definition) is 5. The summed E-state index contributed by atoms with van der Waals surface area (Å²) >= 11 is 6.64. The second-order valence-electron chi connectivity index (χ2n) is 10.3. The van der Waals surface area contributed by atoms with Gasteiger partial charge >= 0.3 is 8.26 Å². The summed E-state index contributed by atoms with van der Waals surface area (Å²) in [5.74, 6) is 0.0773. The fourth-order valence-corrected chi connectivity index (χ4v) is 6.51. The van der Waals surface area contributed by atoms with Crippen LogP contribution in [0, 0.1) is 10.1 Å². The maximum atomic E-state index is 12.0. The molecule has 6 nitrogen and oxygen atoms in total. The molecule has 216 valence electrons. The predicted molar refractivity (Wildman–Crippen MR) is 176 cm³/mol. The van der Waals surface area contributed by atoms with Crippen LogP contribution in [0.15, 0.2) is 97.1 Å². The summed E-state index contributed by atoms with van der Waals surface area (Å²) in [4.78, 5) is 16.8. The lowest BCUT2D eigenvalue weighted by Gasteiger charge is -2.28. The summed E-state index contributed by atoms with van der Waals surface area (Å²) in [6, 6.07) is 32.2. The van der Waals surface area contributed by atoms with Crippen molar-refractivity contribution in [3.8, 4) is 11.1 Å². The number of hydrogen-bond donors (Lipinski definition) is 0. The quantitative estimate of drug-likeness (QED) is 0.0824. The van der Waals surface area contributed by atoms with Crippen LogP contribution in [0.25, 0.3) is 43.6 Å². The fraction of sp³-hybridized carbons (Fsp3) is 0.121. The number of pyridine rings is 1. The molecule has 1 aromatic heterocycles. The zero-order chi connectivity index (χ0) is 30.3. The average molecular weight is 650 g/mol. The molecule has 0 saturated carbocycles. The minimum Gasteiger partial charge on any atom is -0.258 e. The van der Waals surface area contributed by atoms with E-state index in [1.165, 1.54) is 38.7 Å². The monoisotopic (exact) mass is 648 g/mol. The first-order valence-corrected chi connectivity index (χ1v) is 17.0. The lowest BCUT2D eigenvalue weighted by atomic mass is 9.77. The van der Waals surface area contributed by atoms with Gasteiger partial charge in [0.05, 0.1) is 21.0 Å². The van der Waals surface area contributed by atoms with E-state index < -0.39 is 8.26 Å². The molecule has 10 heteroatoms. The molecule has 0 amide bonds. The molecule has 0 N–H and O–H groups in total. The summed E-state index contributed by atoms with van der Waals surface area (Å²) in [7, 11) is 4.81. The van der Waals surface area contributed by atoms with Crippen LogP contribution in [0.3, 0.4) is 0 Å². The van der Waals surface area contributed by atoms with E-state index in [9.17, 15) is 10.1 Å². The van der Waals surface area contributed by atoms with Crippen LogP contribution in [-0.2, 0) is 14.7 Å². The molecule has 0 saturated heterocycles. The van der Waals surface area contributed by atoms with Crippen molar-refractivity contribution in [2.24, 2.45) is 0 Å². The molecular weight excluding hydrogens is 627 g/mol. The number of aryl methyl sites for hydroxylation is 1. The van der Waals surface area contributed by atoms with E-state index in [0.717, 1.165) is 41.4 Å². The zero-order valence-electron chi connectivity index (χ0n) is 22.5. The summed E-state index contributed by atoms with van der Waals surface area (Å²) < 4.78 is 18.3. The largest absolute Gasteiger partial charge is 0.317 e. The van der Waals surface area contributed by atoms with Crippen molar-refractivity contribution >= 4 is 79.4 Å². The number of fused-ring (bicyclic) bond motifs is 6. The second-order valence-corrected chi connectivity index (χ2v) is 14.4. The Balaban J connectivity index is 0.000000611. The van der Waals surface area contributed by atoms with Gasteiger partial charge in [0.2, 0.25) is 0 Å². The molecule has 0 spiro atoms. The van der Waals surface area contributed by atoms with E-state index in [1.807, 2.05) is 30.3 Å². The van der Waals surface area contributed by atoms with Crippen molar-refractivity contribution in [2.45, 2.75) is 25.2 Å². The summed E-state index contributed by atoms with van der Waals surface area (Å²) in [6.45, 7) is 0. The Morgan fingerprint density at radius 3 is 2.28 bits per heavy atom. The third-order valence-electron chi connectivity index (χ3n) is 7.90. The second kappa shape index (κ2) is 11.7. The summed E-state index contributed by atoms with van der Waals surface area (Å²) in [6.07, 6.45) is 3.06. The van der Waals surface area contributed by atoms with Crippen LogP contribution in [0.1, 0.15) is 35.6 Å². The molecule has 0 fully saturated rings. The SMILES string of the molecule is O=S(=O)(Cl)Cl.O=[N+]([O-])c1cccc(Cl)c1-c1cc(C2CCCc3ccc4c(ccc5ccccc54)c32)nc2ccccc12. The zero-order valence-corrected chi connectivity index (χ0v) is 25.6. The van der Waals surface area contributed by atoms with Crippen LogP contribution >= 0.6 is 33.0 Å². The van der Waals surface area contributed by atoms with Gasteiger partial charge in [0.25, 0.3) is 5.69 Å². The first-order valence-electron chi connectivity index (χ1n) is 13.5. The van der Waals surface area contributed by atoms with Gasteiger partial charge in [-0.2, -0.15) is 8.42 Å². The molecule has 6 aromatic rings. The minimum atomic E-state index is -3.72. The van der Waals surface area contributed by atoms with Crippen LogP contribution in [0.2, 0.25) is 5.02 Å².